The molecule has 2 N–H and O–H groups in total. The van der Waals surface area contributed by atoms with Gasteiger partial charge >= 0.3 is 12.1 Å². The molecule has 1 fully saturated rings. The van der Waals surface area contributed by atoms with E-state index < -0.39 is 23.6 Å². The molecular formula is C26H31N3O5. The predicted octanol–water partition coefficient (Wildman–Crippen LogP) is 2.92. The van der Waals surface area contributed by atoms with Crippen LogP contribution in [0, 0.1) is 0 Å². The molecule has 2 amide bonds. The second-order valence-electron chi connectivity index (χ2n) is 9.69. The maximum Gasteiger partial charge on any atom is 0.407 e. The molecule has 1 atom stereocenters. The number of hydrogen-bond donors (Lipinski definition) is 2. The van der Waals surface area contributed by atoms with Crippen LogP contribution in [0.4, 0.5) is 4.79 Å². The molecular weight excluding hydrogens is 434 g/mol. The lowest BCUT2D eigenvalue weighted by Crippen LogP contribution is -2.57. The molecule has 34 heavy (non-hydrogen) atoms. The van der Waals surface area contributed by atoms with Crippen LogP contribution in [0.3, 0.4) is 0 Å². The fraction of sp³-hybridized carbons (Fsp3) is 0.423. The van der Waals surface area contributed by atoms with Crippen molar-refractivity contribution >= 4 is 18.0 Å². The standard InChI is InChI=1S/C26H31N3O5/c1-26(2,14-23(30)29-13-12-28(3)22(15-29)24(31)32)27-25(33)34-16-21-19-10-6-4-8-17(19)18-9-5-7-11-20(18)21/h4-11,21-22H,12-16H2,1-3H3,(H,27,33)(H,31,32). The zero-order valence-electron chi connectivity index (χ0n) is 19.8. The molecule has 2 aromatic rings. The number of carboxylic acids is 1. The zero-order chi connectivity index (χ0) is 24.5. The van der Waals surface area contributed by atoms with Gasteiger partial charge in [-0.15, -0.1) is 0 Å². The summed E-state index contributed by atoms with van der Waals surface area (Å²) in [6.07, 6.45) is -0.533. The van der Waals surface area contributed by atoms with Gasteiger partial charge in [0.2, 0.25) is 5.91 Å². The smallest absolute Gasteiger partial charge is 0.407 e. The van der Waals surface area contributed by atoms with Gasteiger partial charge in [-0.25, -0.2) is 4.79 Å². The molecule has 8 heteroatoms. The van der Waals surface area contributed by atoms with E-state index in [1.54, 1.807) is 30.7 Å². The zero-order valence-corrected chi connectivity index (χ0v) is 19.8. The summed E-state index contributed by atoms with van der Waals surface area (Å²) < 4.78 is 5.61. The number of piperazine rings is 1. The summed E-state index contributed by atoms with van der Waals surface area (Å²) in [7, 11) is 1.74. The Morgan fingerprint density at radius 2 is 1.62 bits per heavy atom. The van der Waals surface area contributed by atoms with E-state index in [0.29, 0.717) is 13.1 Å². The number of fused-ring (bicyclic) bond motifs is 3. The maximum atomic E-state index is 12.8. The lowest BCUT2D eigenvalue weighted by atomic mass is 9.98. The lowest BCUT2D eigenvalue weighted by Gasteiger charge is -2.38. The highest BCUT2D eigenvalue weighted by atomic mass is 16.5. The number of carbonyl (C=O) groups excluding carboxylic acids is 2. The Hall–Kier alpha value is -3.39. The number of likely N-dealkylation sites (N-methyl/N-ethyl adjacent to an activating group) is 1. The van der Waals surface area contributed by atoms with Crippen LogP contribution < -0.4 is 5.32 Å². The van der Waals surface area contributed by atoms with Crippen LogP contribution in [0.25, 0.3) is 11.1 Å². The molecule has 0 spiro atoms. The summed E-state index contributed by atoms with van der Waals surface area (Å²) in [5, 5.41) is 12.2. The molecule has 8 nitrogen and oxygen atoms in total. The lowest BCUT2D eigenvalue weighted by molar-refractivity contribution is -0.147. The van der Waals surface area contributed by atoms with Crippen LogP contribution in [0.2, 0.25) is 0 Å². The number of nitrogens with zero attached hydrogens (tertiary/aromatic N) is 2. The summed E-state index contributed by atoms with van der Waals surface area (Å²) in [6.45, 7) is 4.80. The first kappa shape index (κ1) is 23.8. The highest BCUT2D eigenvalue weighted by Gasteiger charge is 2.35. The summed E-state index contributed by atoms with van der Waals surface area (Å²) in [6, 6.07) is 15.5. The molecule has 0 radical (unpaired) electrons. The summed E-state index contributed by atoms with van der Waals surface area (Å²) >= 11 is 0. The molecule has 1 saturated heterocycles. The van der Waals surface area contributed by atoms with Crippen LogP contribution >= 0.6 is 0 Å². The fourth-order valence-corrected chi connectivity index (χ4v) is 4.81. The molecule has 180 valence electrons. The Kier molecular flexibility index (Phi) is 6.61. The van der Waals surface area contributed by atoms with E-state index >= 15 is 0 Å². The van der Waals surface area contributed by atoms with E-state index in [9.17, 15) is 19.5 Å². The average molecular weight is 466 g/mol. The Morgan fingerprint density at radius 3 is 2.21 bits per heavy atom. The van der Waals surface area contributed by atoms with E-state index in [2.05, 4.69) is 29.6 Å². The third kappa shape index (κ3) is 4.92. The van der Waals surface area contributed by atoms with Crippen molar-refractivity contribution in [1.29, 1.82) is 0 Å². The Labute approximate surface area is 199 Å². The van der Waals surface area contributed by atoms with Crippen molar-refractivity contribution in [3.63, 3.8) is 0 Å². The second kappa shape index (κ2) is 9.46. The predicted molar refractivity (Wildman–Crippen MR) is 128 cm³/mol. The van der Waals surface area contributed by atoms with E-state index in [1.165, 1.54) is 0 Å². The van der Waals surface area contributed by atoms with Crippen molar-refractivity contribution in [2.75, 3.05) is 33.3 Å². The number of alkyl carbamates (subject to hydrolysis) is 1. The average Bonchev–Trinajstić information content (AvgIpc) is 3.11. The van der Waals surface area contributed by atoms with Crippen molar-refractivity contribution in [1.82, 2.24) is 15.1 Å². The highest BCUT2D eigenvalue weighted by molar-refractivity contribution is 5.81. The monoisotopic (exact) mass is 465 g/mol. The molecule has 0 saturated carbocycles. The van der Waals surface area contributed by atoms with Crippen molar-refractivity contribution < 1.29 is 24.2 Å². The molecule has 2 aromatic carbocycles. The fourth-order valence-electron chi connectivity index (χ4n) is 4.81. The van der Waals surface area contributed by atoms with Gasteiger partial charge in [-0.05, 0) is 43.1 Å². The first-order valence-corrected chi connectivity index (χ1v) is 11.5. The molecule has 4 rings (SSSR count). The quantitative estimate of drug-likeness (QED) is 0.681. The van der Waals surface area contributed by atoms with Crippen LogP contribution in [0.5, 0.6) is 0 Å². The van der Waals surface area contributed by atoms with Gasteiger partial charge in [0.05, 0.1) is 0 Å². The molecule has 1 unspecified atom stereocenters. The normalized spacial score (nSPS) is 18.2. The third-order valence-corrected chi connectivity index (χ3v) is 6.66. The number of amides is 2. The first-order chi connectivity index (χ1) is 16.2. The minimum absolute atomic E-state index is 0.0406. The highest BCUT2D eigenvalue weighted by Crippen LogP contribution is 2.44. The van der Waals surface area contributed by atoms with Crippen LogP contribution in [-0.4, -0.2) is 77.7 Å². The topological polar surface area (TPSA) is 99.2 Å². The van der Waals surface area contributed by atoms with E-state index in [-0.39, 0.29) is 31.4 Å². The van der Waals surface area contributed by atoms with Gasteiger partial charge in [0.25, 0.3) is 0 Å². The van der Waals surface area contributed by atoms with Gasteiger partial charge in [0.15, 0.2) is 0 Å². The van der Waals surface area contributed by atoms with Crippen molar-refractivity contribution in [2.24, 2.45) is 0 Å². The van der Waals surface area contributed by atoms with Gasteiger partial charge < -0.3 is 20.1 Å². The number of benzene rings is 2. The molecule has 0 bridgehead atoms. The van der Waals surface area contributed by atoms with Crippen molar-refractivity contribution in [2.45, 2.75) is 37.8 Å². The first-order valence-electron chi connectivity index (χ1n) is 11.5. The van der Waals surface area contributed by atoms with Crippen molar-refractivity contribution in [3.05, 3.63) is 59.7 Å². The summed E-state index contributed by atoms with van der Waals surface area (Å²) in [4.78, 5) is 40.2. The second-order valence-corrected chi connectivity index (χ2v) is 9.69. The minimum atomic E-state index is -0.948. The number of aliphatic carboxylic acids is 1. The summed E-state index contributed by atoms with van der Waals surface area (Å²) in [5.74, 6) is -1.18. The van der Waals surface area contributed by atoms with Crippen LogP contribution in [0.1, 0.15) is 37.3 Å². The number of nitrogens with one attached hydrogen (secondary N) is 1. The van der Waals surface area contributed by atoms with Crippen molar-refractivity contribution in [3.8, 4) is 11.1 Å². The molecule has 2 aliphatic rings. The van der Waals surface area contributed by atoms with Crippen LogP contribution in [0.15, 0.2) is 48.5 Å². The third-order valence-electron chi connectivity index (χ3n) is 6.66. The number of rotatable bonds is 6. The molecule has 1 aliphatic heterocycles. The minimum Gasteiger partial charge on any atom is -0.480 e. The number of carboxylic acid groups (broad SMARTS) is 1. The molecule has 0 aromatic heterocycles. The van der Waals surface area contributed by atoms with Gasteiger partial charge in [-0.1, -0.05) is 48.5 Å². The number of carbonyl (C=O) groups is 3. The van der Waals surface area contributed by atoms with Crippen LogP contribution in [-0.2, 0) is 14.3 Å². The Morgan fingerprint density at radius 1 is 1.03 bits per heavy atom. The molecule has 1 aliphatic carbocycles. The van der Waals surface area contributed by atoms with E-state index in [1.807, 2.05) is 24.3 Å². The number of ether oxygens (including phenoxy) is 1. The van der Waals surface area contributed by atoms with Gasteiger partial charge in [0, 0.05) is 37.5 Å². The molecule has 1 heterocycles. The van der Waals surface area contributed by atoms with E-state index in [4.69, 9.17) is 4.74 Å². The van der Waals surface area contributed by atoms with Gasteiger partial charge in [-0.2, -0.15) is 0 Å². The maximum absolute atomic E-state index is 12.8. The van der Waals surface area contributed by atoms with Gasteiger partial charge in [-0.3, -0.25) is 14.5 Å². The SMILES string of the molecule is CN1CCN(C(=O)CC(C)(C)NC(=O)OCC2c3ccccc3-c3ccccc32)CC1C(=O)O. The Balaban J connectivity index is 1.34. The van der Waals surface area contributed by atoms with Gasteiger partial charge in [0.1, 0.15) is 12.6 Å². The largest absolute Gasteiger partial charge is 0.480 e. The Bertz CT molecular complexity index is 1050. The summed E-state index contributed by atoms with van der Waals surface area (Å²) in [5.41, 5.74) is 3.74. The van der Waals surface area contributed by atoms with E-state index in [0.717, 1.165) is 22.3 Å². The number of hydrogen-bond acceptors (Lipinski definition) is 5.